The predicted molar refractivity (Wildman–Crippen MR) is 61.3 cm³/mol. The molecule has 0 aliphatic heterocycles. The fourth-order valence-corrected chi connectivity index (χ4v) is 1.34. The summed E-state index contributed by atoms with van der Waals surface area (Å²) < 4.78 is 17.4. The van der Waals surface area contributed by atoms with Crippen LogP contribution in [0.3, 0.4) is 0 Å². The number of ether oxygens (including phenoxy) is 1. The van der Waals surface area contributed by atoms with Crippen molar-refractivity contribution in [1.29, 1.82) is 0 Å². The molecule has 0 heterocycles. The van der Waals surface area contributed by atoms with Gasteiger partial charge in [-0.15, -0.1) is 0 Å². The number of hydrogen-bond acceptors (Lipinski definition) is 3. The van der Waals surface area contributed by atoms with Crippen LogP contribution in [0.5, 0.6) is 5.75 Å². The zero-order valence-electron chi connectivity index (χ0n) is 9.53. The number of oxime groups is 1. The van der Waals surface area contributed by atoms with Crippen molar-refractivity contribution in [1.82, 2.24) is 0 Å². The van der Waals surface area contributed by atoms with Crippen LogP contribution in [-0.2, 0) is 0 Å². The standard InChI is InChI=1S/C12H16FNO2/c1-9-4-5-12(16-7-3-6-13)11(8-9)10(2)14-15/h4-5,8,15H,3,6-7H2,1-2H3/b14-10-. The van der Waals surface area contributed by atoms with Gasteiger partial charge in [0.15, 0.2) is 0 Å². The molecule has 0 unspecified atom stereocenters. The third-order valence-electron chi connectivity index (χ3n) is 2.21. The van der Waals surface area contributed by atoms with E-state index in [0.29, 0.717) is 24.5 Å². The van der Waals surface area contributed by atoms with Crippen molar-refractivity contribution in [3.05, 3.63) is 29.3 Å². The molecule has 16 heavy (non-hydrogen) atoms. The first kappa shape index (κ1) is 12.5. The molecular formula is C12H16FNO2. The molecule has 4 heteroatoms. The van der Waals surface area contributed by atoms with Crippen molar-refractivity contribution >= 4 is 5.71 Å². The van der Waals surface area contributed by atoms with Gasteiger partial charge >= 0.3 is 0 Å². The van der Waals surface area contributed by atoms with E-state index in [-0.39, 0.29) is 0 Å². The largest absolute Gasteiger partial charge is 0.493 e. The van der Waals surface area contributed by atoms with E-state index in [4.69, 9.17) is 9.94 Å². The summed E-state index contributed by atoms with van der Waals surface area (Å²) in [7, 11) is 0. The topological polar surface area (TPSA) is 41.8 Å². The molecule has 3 nitrogen and oxygen atoms in total. The molecule has 0 aliphatic rings. The molecule has 0 fully saturated rings. The number of hydrogen-bond donors (Lipinski definition) is 1. The van der Waals surface area contributed by atoms with Crippen LogP contribution in [0.1, 0.15) is 24.5 Å². The Balaban J connectivity index is 2.89. The Morgan fingerprint density at radius 2 is 2.25 bits per heavy atom. The molecule has 0 aromatic heterocycles. The lowest BCUT2D eigenvalue weighted by molar-refractivity contribution is 0.288. The van der Waals surface area contributed by atoms with Gasteiger partial charge in [0.25, 0.3) is 0 Å². The fourth-order valence-electron chi connectivity index (χ4n) is 1.34. The first-order valence-electron chi connectivity index (χ1n) is 5.17. The second kappa shape index (κ2) is 6.10. The second-order valence-corrected chi connectivity index (χ2v) is 3.58. The van der Waals surface area contributed by atoms with E-state index < -0.39 is 6.67 Å². The van der Waals surface area contributed by atoms with E-state index in [1.807, 2.05) is 19.1 Å². The third kappa shape index (κ3) is 3.22. The zero-order valence-corrected chi connectivity index (χ0v) is 9.53. The SMILES string of the molecule is C/C(=N/O)c1cc(C)ccc1OCCCF. The highest BCUT2D eigenvalue weighted by Gasteiger charge is 2.07. The number of rotatable bonds is 5. The average molecular weight is 225 g/mol. The molecule has 0 saturated heterocycles. The normalized spacial score (nSPS) is 11.6. The van der Waals surface area contributed by atoms with Crippen LogP contribution in [0.15, 0.2) is 23.4 Å². The third-order valence-corrected chi connectivity index (χ3v) is 2.21. The van der Waals surface area contributed by atoms with E-state index in [0.717, 1.165) is 11.1 Å². The minimum atomic E-state index is -0.395. The molecule has 1 aromatic carbocycles. The van der Waals surface area contributed by atoms with Crippen molar-refractivity contribution in [2.45, 2.75) is 20.3 Å². The smallest absolute Gasteiger partial charge is 0.128 e. The lowest BCUT2D eigenvalue weighted by Crippen LogP contribution is -2.04. The first-order valence-corrected chi connectivity index (χ1v) is 5.17. The van der Waals surface area contributed by atoms with E-state index in [2.05, 4.69) is 5.16 Å². The van der Waals surface area contributed by atoms with Crippen molar-refractivity contribution in [2.24, 2.45) is 5.16 Å². The summed E-state index contributed by atoms with van der Waals surface area (Å²) in [6.07, 6.45) is 0.364. The first-order chi connectivity index (χ1) is 7.69. The van der Waals surface area contributed by atoms with Crippen LogP contribution in [-0.4, -0.2) is 24.2 Å². The zero-order chi connectivity index (χ0) is 12.0. The predicted octanol–water partition coefficient (Wildman–Crippen LogP) is 2.93. The molecule has 0 aliphatic carbocycles. The van der Waals surface area contributed by atoms with Gasteiger partial charge in [-0.2, -0.15) is 0 Å². The summed E-state index contributed by atoms with van der Waals surface area (Å²) in [4.78, 5) is 0. The van der Waals surface area contributed by atoms with E-state index in [1.165, 1.54) is 0 Å². The Bertz CT molecular complexity index is 377. The molecule has 1 aromatic rings. The quantitative estimate of drug-likeness (QED) is 0.362. The lowest BCUT2D eigenvalue weighted by Gasteiger charge is -2.10. The summed E-state index contributed by atoms with van der Waals surface area (Å²) in [5, 5.41) is 11.9. The summed E-state index contributed by atoms with van der Waals surface area (Å²) in [5.41, 5.74) is 2.27. The molecule has 0 atom stereocenters. The maximum absolute atomic E-state index is 11.9. The molecule has 1 rings (SSSR count). The monoisotopic (exact) mass is 225 g/mol. The summed E-state index contributed by atoms with van der Waals surface area (Å²) in [6, 6.07) is 5.58. The Labute approximate surface area is 94.5 Å². The maximum Gasteiger partial charge on any atom is 0.128 e. The molecule has 0 spiro atoms. The Kier molecular flexibility index (Phi) is 4.76. The Hall–Kier alpha value is -1.58. The number of aryl methyl sites for hydroxylation is 1. The average Bonchev–Trinajstić information content (AvgIpc) is 2.30. The van der Waals surface area contributed by atoms with Crippen LogP contribution in [0, 0.1) is 6.92 Å². The highest BCUT2D eigenvalue weighted by atomic mass is 19.1. The van der Waals surface area contributed by atoms with Gasteiger partial charge in [0.05, 0.1) is 19.0 Å². The minimum Gasteiger partial charge on any atom is -0.493 e. The maximum atomic E-state index is 11.9. The molecule has 0 amide bonds. The molecule has 88 valence electrons. The fraction of sp³-hybridized carbons (Fsp3) is 0.417. The summed E-state index contributed by atoms with van der Waals surface area (Å²) >= 11 is 0. The number of benzene rings is 1. The van der Waals surface area contributed by atoms with Gasteiger partial charge in [-0.1, -0.05) is 16.8 Å². The number of alkyl halides is 1. The van der Waals surface area contributed by atoms with Gasteiger partial charge in [0, 0.05) is 12.0 Å². The van der Waals surface area contributed by atoms with Crippen LogP contribution >= 0.6 is 0 Å². The van der Waals surface area contributed by atoms with Crippen LogP contribution in [0.2, 0.25) is 0 Å². The summed E-state index contributed by atoms with van der Waals surface area (Å²) in [6.45, 7) is 3.57. The highest BCUT2D eigenvalue weighted by Crippen LogP contribution is 2.21. The van der Waals surface area contributed by atoms with E-state index >= 15 is 0 Å². The van der Waals surface area contributed by atoms with E-state index in [9.17, 15) is 4.39 Å². The van der Waals surface area contributed by atoms with Gasteiger partial charge < -0.3 is 9.94 Å². The van der Waals surface area contributed by atoms with Gasteiger partial charge in [0.2, 0.25) is 0 Å². The Morgan fingerprint density at radius 1 is 1.50 bits per heavy atom. The molecule has 0 bridgehead atoms. The lowest BCUT2D eigenvalue weighted by atomic mass is 10.1. The van der Waals surface area contributed by atoms with E-state index in [1.54, 1.807) is 13.0 Å². The van der Waals surface area contributed by atoms with Gasteiger partial charge in [-0.3, -0.25) is 4.39 Å². The van der Waals surface area contributed by atoms with Crippen LogP contribution in [0.25, 0.3) is 0 Å². The van der Waals surface area contributed by atoms with Gasteiger partial charge in [0.1, 0.15) is 5.75 Å². The number of nitrogens with zero attached hydrogens (tertiary/aromatic N) is 1. The highest BCUT2D eigenvalue weighted by molar-refractivity contribution is 6.00. The summed E-state index contributed by atoms with van der Waals surface area (Å²) in [5.74, 6) is 0.620. The van der Waals surface area contributed by atoms with Gasteiger partial charge in [-0.05, 0) is 26.0 Å². The van der Waals surface area contributed by atoms with Gasteiger partial charge in [-0.25, -0.2) is 0 Å². The molecule has 0 radical (unpaired) electrons. The van der Waals surface area contributed by atoms with Crippen molar-refractivity contribution in [2.75, 3.05) is 13.3 Å². The van der Waals surface area contributed by atoms with Crippen molar-refractivity contribution in [3.63, 3.8) is 0 Å². The molecular weight excluding hydrogens is 209 g/mol. The van der Waals surface area contributed by atoms with Crippen LogP contribution < -0.4 is 4.74 Å². The second-order valence-electron chi connectivity index (χ2n) is 3.58. The number of halogens is 1. The van der Waals surface area contributed by atoms with Crippen LogP contribution in [0.4, 0.5) is 4.39 Å². The molecule has 0 saturated carbocycles. The molecule has 1 N–H and O–H groups in total. The van der Waals surface area contributed by atoms with Crippen molar-refractivity contribution in [3.8, 4) is 5.75 Å². The van der Waals surface area contributed by atoms with Crippen molar-refractivity contribution < 1.29 is 14.3 Å². The Morgan fingerprint density at radius 3 is 2.88 bits per heavy atom. The minimum absolute atomic E-state index is 0.325.